The SMILES string of the molecule is COC[C@@H](C)NS(=O)(=O)c1ccc(NC2CC2)c(C(=O)O)c1. The number of anilines is 1. The second-order valence-electron chi connectivity index (χ2n) is 5.41. The summed E-state index contributed by atoms with van der Waals surface area (Å²) in [5, 5.41) is 12.4. The Kier molecular flexibility index (Phi) is 5.05. The molecule has 0 aliphatic heterocycles. The maximum atomic E-state index is 12.3. The molecule has 2 rings (SSSR count). The number of nitrogens with one attached hydrogen (secondary N) is 2. The van der Waals surface area contributed by atoms with E-state index >= 15 is 0 Å². The maximum Gasteiger partial charge on any atom is 0.337 e. The van der Waals surface area contributed by atoms with Gasteiger partial charge in [0, 0.05) is 24.9 Å². The van der Waals surface area contributed by atoms with Crippen LogP contribution in [-0.4, -0.2) is 45.3 Å². The Labute approximate surface area is 129 Å². The first-order valence-electron chi connectivity index (χ1n) is 6.98. The third kappa shape index (κ3) is 4.19. The van der Waals surface area contributed by atoms with Gasteiger partial charge in [0.2, 0.25) is 10.0 Å². The molecule has 0 spiro atoms. The second-order valence-corrected chi connectivity index (χ2v) is 7.12. The van der Waals surface area contributed by atoms with Crippen LogP contribution in [0.3, 0.4) is 0 Å². The van der Waals surface area contributed by atoms with Crippen LogP contribution in [0.2, 0.25) is 0 Å². The number of hydrogen-bond acceptors (Lipinski definition) is 5. The molecule has 0 unspecified atom stereocenters. The second kappa shape index (κ2) is 6.64. The molecule has 22 heavy (non-hydrogen) atoms. The van der Waals surface area contributed by atoms with Crippen LogP contribution in [0.5, 0.6) is 0 Å². The summed E-state index contributed by atoms with van der Waals surface area (Å²) in [6.07, 6.45) is 1.99. The van der Waals surface area contributed by atoms with Crippen molar-refractivity contribution in [2.24, 2.45) is 0 Å². The van der Waals surface area contributed by atoms with Crippen molar-refractivity contribution >= 4 is 21.7 Å². The molecule has 8 heteroatoms. The molecule has 0 bridgehead atoms. The fourth-order valence-corrected chi connectivity index (χ4v) is 3.31. The molecule has 122 valence electrons. The molecule has 1 aliphatic rings. The van der Waals surface area contributed by atoms with Crippen molar-refractivity contribution in [1.82, 2.24) is 4.72 Å². The van der Waals surface area contributed by atoms with E-state index in [1.54, 1.807) is 6.92 Å². The van der Waals surface area contributed by atoms with E-state index in [9.17, 15) is 18.3 Å². The van der Waals surface area contributed by atoms with Crippen LogP contribution in [0.15, 0.2) is 23.1 Å². The predicted molar refractivity (Wildman–Crippen MR) is 81.7 cm³/mol. The van der Waals surface area contributed by atoms with Crippen LogP contribution in [0, 0.1) is 0 Å². The highest BCUT2D eigenvalue weighted by Gasteiger charge is 2.25. The van der Waals surface area contributed by atoms with Crippen LogP contribution < -0.4 is 10.0 Å². The summed E-state index contributed by atoms with van der Waals surface area (Å²) >= 11 is 0. The highest BCUT2D eigenvalue weighted by atomic mass is 32.2. The number of aromatic carboxylic acids is 1. The number of sulfonamides is 1. The smallest absolute Gasteiger partial charge is 0.337 e. The summed E-state index contributed by atoms with van der Waals surface area (Å²) in [6.45, 7) is 1.90. The zero-order valence-electron chi connectivity index (χ0n) is 12.5. The van der Waals surface area contributed by atoms with Crippen molar-refractivity contribution in [3.05, 3.63) is 23.8 Å². The molecule has 1 saturated carbocycles. The lowest BCUT2D eigenvalue weighted by Gasteiger charge is -2.15. The van der Waals surface area contributed by atoms with Crippen molar-refractivity contribution in [2.75, 3.05) is 19.0 Å². The number of carboxylic acids is 1. The van der Waals surface area contributed by atoms with Crippen molar-refractivity contribution < 1.29 is 23.1 Å². The number of rotatable bonds is 8. The Hall–Kier alpha value is -1.64. The van der Waals surface area contributed by atoms with Crippen LogP contribution in [-0.2, 0) is 14.8 Å². The Morgan fingerprint density at radius 1 is 1.45 bits per heavy atom. The van der Waals surface area contributed by atoms with Crippen molar-refractivity contribution in [2.45, 2.75) is 36.7 Å². The van der Waals surface area contributed by atoms with E-state index in [-0.39, 0.29) is 23.1 Å². The summed E-state index contributed by atoms with van der Waals surface area (Å²) in [5.41, 5.74) is 0.396. The molecular weight excluding hydrogens is 308 g/mol. The molecule has 1 aromatic rings. The zero-order valence-corrected chi connectivity index (χ0v) is 13.3. The molecule has 1 fully saturated rings. The Morgan fingerprint density at radius 3 is 2.68 bits per heavy atom. The minimum Gasteiger partial charge on any atom is -0.478 e. The maximum absolute atomic E-state index is 12.3. The Morgan fingerprint density at radius 2 is 2.14 bits per heavy atom. The van der Waals surface area contributed by atoms with Gasteiger partial charge in [0.15, 0.2) is 0 Å². The average Bonchev–Trinajstić information content (AvgIpc) is 3.22. The van der Waals surface area contributed by atoms with Gasteiger partial charge in [0.1, 0.15) is 0 Å². The van der Waals surface area contributed by atoms with Gasteiger partial charge in [-0.05, 0) is 38.0 Å². The van der Waals surface area contributed by atoms with Crippen LogP contribution >= 0.6 is 0 Å². The first-order chi connectivity index (χ1) is 10.3. The molecule has 7 nitrogen and oxygen atoms in total. The van der Waals surface area contributed by atoms with E-state index in [0.29, 0.717) is 5.69 Å². The van der Waals surface area contributed by atoms with Gasteiger partial charge in [-0.3, -0.25) is 0 Å². The zero-order chi connectivity index (χ0) is 16.3. The van der Waals surface area contributed by atoms with E-state index in [1.807, 2.05) is 0 Å². The largest absolute Gasteiger partial charge is 0.478 e. The van der Waals surface area contributed by atoms with Gasteiger partial charge in [0.25, 0.3) is 0 Å². The third-order valence-corrected chi connectivity index (χ3v) is 4.83. The first kappa shape index (κ1) is 16.7. The summed E-state index contributed by atoms with van der Waals surface area (Å²) in [7, 11) is -2.31. The number of ether oxygens (including phenoxy) is 1. The lowest BCUT2D eigenvalue weighted by atomic mass is 10.2. The van der Waals surface area contributed by atoms with Crippen LogP contribution in [0.4, 0.5) is 5.69 Å². The standard InChI is InChI=1S/C14H20N2O5S/c1-9(8-21-2)16-22(19,20)11-5-6-13(15-10-3-4-10)12(7-11)14(17)18/h5-7,9-10,15-16H,3-4,8H2,1-2H3,(H,17,18)/t9-/m1/s1. The van der Waals surface area contributed by atoms with Gasteiger partial charge >= 0.3 is 5.97 Å². The summed E-state index contributed by atoms with van der Waals surface area (Å²) < 4.78 is 31.8. The quantitative estimate of drug-likeness (QED) is 0.664. The van der Waals surface area contributed by atoms with Gasteiger partial charge in [0.05, 0.1) is 17.1 Å². The Balaban J connectivity index is 2.26. The number of benzene rings is 1. The number of carbonyl (C=O) groups is 1. The normalized spacial score (nSPS) is 16.3. The fourth-order valence-electron chi connectivity index (χ4n) is 2.06. The van der Waals surface area contributed by atoms with E-state index in [4.69, 9.17) is 4.74 Å². The molecule has 0 heterocycles. The summed E-state index contributed by atoms with van der Waals surface area (Å²) in [5.74, 6) is -1.16. The highest BCUT2D eigenvalue weighted by molar-refractivity contribution is 7.89. The predicted octanol–water partition coefficient (Wildman–Crippen LogP) is 1.27. The summed E-state index contributed by atoms with van der Waals surface area (Å²) in [4.78, 5) is 11.3. The van der Waals surface area contributed by atoms with Crippen LogP contribution in [0.25, 0.3) is 0 Å². The minimum atomic E-state index is -3.79. The van der Waals surface area contributed by atoms with Gasteiger partial charge in [-0.25, -0.2) is 17.9 Å². The third-order valence-electron chi connectivity index (χ3n) is 3.24. The van der Waals surface area contributed by atoms with Crippen molar-refractivity contribution in [3.63, 3.8) is 0 Å². The fraction of sp³-hybridized carbons (Fsp3) is 0.500. The van der Waals surface area contributed by atoms with E-state index in [0.717, 1.165) is 12.8 Å². The molecular formula is C14H20N2O5S. The topological polar surface area (TPSA) is 105 Å². The van der Waals surface area contributed by atoms with E-state index in [1.165, 1.54) is 25.3 Å². The average molecular weight is 328 g/mol. The molecule has 0 saturated heterocycles. The van der Waals surface area contributed by atoms with Gasteiger partial charge < -0.3 is 15.2 Å². The number of hydrogen-bond donors (Lipinski definition) is 3. The number of carboxylic acid groups (broad SMARTS) is 1. The van der Waals surface area contributed by atoms with Gasteiger partial charge in [-0.1, -0.05) is 0 Å². The lowest BCUT2D eigenvalue weighted by molar-refractivity contribution is 0.0697. The van der Waals surface area contributed by atoms with Gasteiger partial charge in [-0.15, -0.1) is 0 Å². The van der Waals surface area contributed by atoms with Crippen molar-refractivity contribution in [1.29, 1.82) is 0 Å². The Bertz CT molecular complexity index is 655. The van der Waals surface area contributed by atoms with E-state index < -0.39 is 22.0 Å². The van der Waals surface area contributed by atoms with Crippen molar-refractivity contribution in [3.8, 4) is 0 Å². The number of methoxy groups -OCH3 is 1. The molecule has 3 N–H and O–H groups in total. The monoisotopic (exact) mass is 328 g/mol. The first-order valence-corrected chi connectivity index (χ1v) is 8.47. The molecule has 0 amide bonds. The molecule has 0 aromatic heterocycles. The van der Waals surface area contributed by atoms with Crippen LogP contribution in [0.1, 0.15) is 30.1 Å². The molecule has 1 aromatic carbocycles. The van der Waals surface area contributed by atoms with E-state index in [2.05, 4.69) is 10.0 Å². The summed E-state index contributed by atoms with van der Waals surface area (Å²) in [6, 6.07) is 3.94. The lowest BCUT2D eigenvalue weighted by Crippen LogP contribution is -2.35. The highest BCUT2D eigenvalue weighted by Crippen LogP contribution is 2.28. The molecule has 0 radical (unpaired) electrons. The van der Waals surface area contributed by atoms with Gasteiger partial charge in [-0.2, -0.15) is 0 Å². The molecule has 1 atom stereocenters. The minimum absolute atomic E-state index is 0.0471. The molecule has 1 aliphatic carbocycles.